The molecule has 0 heterocycles. The van der Waals surface area contributed by atoms with Gasteiger partial charge in [0.25, 0.3) is 5.91 Å². The first kappa shape index (κ1) is 19.8. The number of nitrogens with zero attached hydrogens (tertiary/aromatic N) is 3. The predicted octanol–water partition coefficient (Wildman–Crippen LogP) is 4.20. The third-order valence-electron chi connectivity index (χ3n) is 4.20. The molecule has 5 nitrogen and oxygen atoms in total. The summed E-state index contributed by atoms with van der Waals surface area (Å²) in [5.74, 6) is -0.431. The second-order valence-corrected chi connectivity index (χ2v) is 6.36. The third kappa shape index (κ3) is 5.45. The van der Waals surface area contributed by atoms with E-state index in [0.717, 1.165) is 22.4 Å². The van der Waals surface area contributed by atoms with Crippen molar-refractivity contribution in [1.29, 1.82) is 10.5 Å². The van der Waals surface area contributed by atoms with Crippen molar-refractivity contribution < 1.29 is 4.79 Å². The maximum atomic E-state index is 12.4. The van der Waals surface area contributed by atoms with E-state index in [2.05, 4.69) is 11.4 Å². The predicted molar refractivity (Wildman–Crippen MR) is 108 cm³/mol. The molecule has 0 atom stereocenters. The number of rotatable bonds is 6. The molecule has 1 amide bonds. The maximum absolute atomic E-state index is 12.4. The number of nitriles is 2. The van der Waals surface area contributed by atoms with Crippen LogP contribution in [0.2, 0.25) is 0 Å². The largest absolute Gasteiger partial charge is 0.374 e. The number of benzene rings is 2. The minimum atomic E-state index is -0.431. The van der Waals surface area contributed by atoms with E-state index in [1.165, 1.54) is 0 Å². The van der Waals surface area contributed by atoms with E-state index in [1.54, 1.807) is 6.08 Å². The standard InChI is InChI=1S/C22H22N4O/c1-16-5-10-21(17(2)13-16)25-22(27)19(15-24)14-18-6-8-20(9-7-18)26(3)12-4-11-23/h5-10,13-14H,4,12H2,1-3H3,(H,25,27)/b19-14+. The highest BCUT2D eigenvalue weighted by Gasteiger charge is 2.11. The summed E-state index contributed by atoms with van der Waals surface area (Å²) < 4.78 is 0. The summed E-state index contributed by atoms with van der Waals surface area (Å²) in [6, 6.07) is 17.3. The quantitative estimate of drug-likeness (QED) is 0.620. The Bertz CT molecular complexity index is 930. The van der Waals surface area contributed by atoms with Gasteiger partial charge in [-0.2, -0.15) is 10.5 Å². The van der Waals surface area contributed by atoms with Crippen LogP contribution < -0.4 is 10.2 Å². The molecule has 27 heavy (non-hydrogen) atoms. The fourth-order valence-electron chi connectivity index (χ4n) is 2.63. The second-order valence-electron chi connectivity index (χ2n) is 6.36. The summed E-state index contributed by atoms with van der Waals surface area (Å²) >= 11 is 0. The van der Waals surface area contributed by atoms with E-state index in [0.29, 0.717) is 18.7 Å². The Balaban J connectivity index is 2.14. The van der Waals surface area contributed by atoms with Crippen molar-refractivity contribution in [3.63, 3.8) is 0 Å². The Morgan fingerprint density at radius 2 is 1.85 bits per heavy atom. The molecule has 0 radical (unpaired) electrons. The normalized spacial score (nSPS) is 10.6. The summed E-state index contributed by atoms with van der Waals surface area (Å²) in [7, 11) is 1.92. The Hall–Kier alpha value is -3.57. The van der Waals surface area contributed by atoms with E-state index >= 15 is 0 Å². The van der Waals surface area contributed by atoms with Crippen molar-refractivity contribution in [2.75, 3.05) is 23.8 Å². The molecule has 0 saturated carbocycles. The van der Waals surface area contributed by atoms with Crippen LogP contribution in [0.25, 0.3) is 6.08 Å². The van der Waals surface area contributed by atoms with Gasteiger partial charge in [0.2, 0.25) is 0 Å². The minimum Gasteiger partial charge on any atom is -0.374 e. The van der Waals surface area contributed by atoms with Crippen molar-refractivity contribution in [2.24, 2.45) is 0 Å². The van der Waals surface area contributed by atoms with E-state index in [-0.39, 0.29) is 5.57 Å². The lowest BCUT2D eigenvalue weighted by molar-refractivity contribution is -0.112. The molecule has 0 aromatic heterocycles. The number of nitrogens with one attached hydrogen (secondary N) is 1. The number of hydrogen-bond acceptors (Lipinski definition) is 4. The van der Waals surface area contributed by atoms with Gasteiger partial charge < -0.3 is 10.2 Å². The van der Waals surface area contributed by atoms with Crippen LogP contribution in [0.15, 0.2) is 48.0 Å². The lowest BCUT2D eigenvalue weighted by Gasteiger charge is -2.17. The van der Waals surface area contributed by atoms with Gasteiger partial charge in [-0.3, -0.25) is 4.79 Å². The molecule has 0 unspecified atom stereocenters. The molecule has 2 rings (SSSR count). The lowest BCUT2D eigenvalue weighted by Crippen LogP contribution is -2.17. The van der Waals surface area contributed by atoms with Gasteiger partial charge in [0.15, 0.2) is 0 Å². The van der Waals surface area contributed by atoms with Crippen molar-refractivity contribution >= 4 is 23.4 Å². The zero-order chi connectivity index (χ0) is 19.8. The molecule has 0 fully saturated rings. The molecule has 5 heteroatoms. The smallest absolute Gasteiger partial charge is 0.266 e. The maximum Gasteiger partial charge on any atom is 0.266 e. The molecule has 0 aliphatic rings. The molecule has 2 aromatic carbocycles. The molecule has 0 aliphatic heterocycles. The molecule has 0 spiro atoms. The van der Waals surface area contributed by atoms with Gasteiger partial charge in [0, 0.05) is 25.0 Å². The summed E-state index contributed by atoms with van der Waals surface area (Å²) in [4.78, 5) is 14.4. The fourth-order valence-corrected chi connectivity index (χ4v) is 2.63. The SMILES string of the molecule is Cc1ccc(NC(=O)/C(C#N)=C/c2ccc(N(C)CCC#N)cc2)c(C)c1. The van der Waals surface area contributed by atoms with Crippen LogP contribution in [0.3, 0.4) is 0 Å². The van der Waals surface area contributed by atoms with Gasteiger partial charge in [-0.1, -0.05) is 29.8 Å². The van der Waals surface area contributed by atoms with Crippen molar-refractivity contribution in [3.05, 3.63) is 64.7 Å². The zero-order valence-corrected chi connectivity index (χ0v) is 15.8. The first-order chi connectivity index (χ1) is 12.9. The van der Waals surface area contributed by atoms with Crippen molar-refractivity contribution in [2.45, 2.75) is 20.3 Å². The summed E-state index contributed by atoms with van der Waals surface area (Å²) in [5, 5.41) is 20.8. The number of hydrogen-bond donors (Lipinski definition) is 1. The van der Waals surface area contributed by atoms with Crippen LogP contribution in [0.1, 0.15) is 23.1 Å². The second kappa shape index (κ2) is 9.22. The topological polar surface area (TPSA) is 79.9 Å². The molecular weight excluding hydrogens is 336 g/mol. The summed E-state index contributed by atoms with van der Waals surface area (Å²) in [5.41, 5.74) is 4.54. The third-order valence-corrected chi connectivity index (χ3v) is 4.20. The van der Waals surface area contributed by atoms with E-state index in [9.17, 15) is 10.1 Å². The molecule has 1 N–H and O–H groups in total. The zero-order valence-electron chi connectivity index (χ0n) is 15.8. The van der Waals surface area contributed by atoms with Crippen LogP contribution in [0, 0.1) is 36.5 Å². The van der Waals surface area contributed by atoms with Crippen molar-refractivity contribution in [1.82, 2.24) is 0 Å². The molecule has 2 aromatic rings. The average molecular weight is 358 g/mol. The Morgan fingerprint density at radius 1 is 1.15 bits per heavy atom. The summed E-state index contributed by atoms with van der Waals surface area (Å²) in [6.07, 6.45) is 2.02. The monoisotopic (exact) mass is 358 g/mol. The van der Waals surface area contributed by atoms with Gasteiger partial charge in [-0.25, -0.2) is 0 Å². The number of anilines is 2. The van der Waals surface area contributed by atoms with Crippen LogP contribution in [-0.4, -0.2) is 19.5 Å². The molecule has 0 saturated heterocycles. The van der Waals surface area contributed by atoms with Gasteiger partial charge in [-0.15, -0.1) is 0 Å². The van der Waals surface area contributed by atoms with E-state index in [4.69, 9.17) is 5.26 Å². The molecular formula is C22H22N4O. The van der Waals surface area contributed by atoms with E-state index < -0.39 is 5.91 Å². The highest BCUT2D eigenvalue weighted by molar-refractivity contribution is 6.10. The van der Waals surface area contributed by atoms with Crippen LogP contribution in [0.5, 0.6) is 0 Å². The Labute approximate surface area is 160 Å². The van der Waals surface area contributed by atoms with Crippen LogP contribution >= 0.6 is 0 Å². The minimum absolute atomic E-state index is 0.0422. The highest BCUT2D eigenvalue weighted by Crippen LogP contribution is 2.19. The first-order valence-electron chi connectivity index (χ1n) is 8.63. The lowest BCUT2D eigenvalue weighted by atomic mass is 10.1. The molecule has 0 bridgehead atoms. The molecule has 136 valence electrons. The number of aryl methyl sites for hydroxylation is 2. The highest BCUT2D eigenvalue weighted by atomic mass is 16.1. The Kier molecular flexibility index (Phi) is 6.74. The van der Waals surface area contributed by atoms with Crippen LogP contribution in [-0.2, 0) is 4.79 Å². The Morgan fingerprint density at radius 3 is 2.44 bits per heavy atom. The van der Waals surface area contributed by atoms with Gasteiger partial charge in [0.1, 0.15) is 11.6 Å². The first-order valence-corrected chi connectivity index (χ1v) is 8.63. The number of carbonyl (C=O) groups is 1. The summed E-state index contributed by atoms with van der Waals surface area (Å²) in [6.45, 7) is 4.55. The van der Waals surface area contributed by atoms with E-state index in [1.807, 2.05) is 74.3 Å². The van der Waals surface area contributed by atoms with Gasteiger partial charge >= 0.3 is 0 Å². The number of amides is 1. The average Bonchev–Trinajstić information content (AvgIpc) is 2.66. The van der Waals surface area contributed by atoms with Gasteiger partial charge in [-0.05, 0) is 49.2 Å². The van der Waals surface area contributed by atoms with Crippen molar-refractivity contribution in [3.8, 4) is 12.1 Å². The van der Waals surface area contributed by atoms with Crippen LogP contribution in [0.4, 0.5) is 11.4 Å². The molecule has 0 aliphatic carbocycles. The fraction of sp³-hybridized carbons (Fsp3) is 0.227. The van der Waals surface area contributed by atoms with Gasteiger partial charge in [0.05, 0.1) is 12.5 Å². The number of carbonyl (C=O) groups excluding carboxylic acids is 1.